The molecule has 0 radical (unpaired) electrons. The minimum absolute atomic E-state index is 0.128. The van der Waals surface area contributed by atoms with E-state index in [2.05, 4.69) is 25.9 Å². The molecule has 1 aliphatic rings. The number of carbonyl (C=O) groups excluding carboxylic acids is 1. The summed E-state index contributed by atoms with van der Waals surface area (Å²) in [6.45, 7) is 1.86. The van der Waals surface area contributed by atoms with Gasteiger partial charge in [0.05, 0.1) is 0 Å². The van der Waals surface area contributed by atoms with Crippen LogP contribution in [0, 0.1) is 0 Å². The van der Waals surface area contributed by atoms with Gasteiger partial charge in [0.1, 0.15) is 0 Å². The Labute approximate surface area is 87.2 Å². The van der Waals surface area contributed by atoms with Crippen molar-refractivity contribution in [1.29, 1.82) is 0 Å². The number of amides is 1. The minimum atomic E-state index is -0.183. The minimum Gasteiger partial charge on any atom is -0.335 e. The van der Waals surface area contributed by atoms with Crippen LogP contribution >= 0.6 is 0 Å². The fourth-order valence-electron chi connectivity index (χ4n) is 1.74. The van der Waals surface area contributed by atoms with Gasteiger partial charge in [0.2, 0.25) is 0 Å². The summed E-state index contributed by atoms with van der Waals surface area (Å²) in [6.07, 6.45) is 2.11. The molecule has 0 aliphatic carbocycles. The van der Waals surface area contributed by atoms with Crippen molar-refractivity contribution in [2.45, 2.75) is 18.9 Å². The van der Waals surface area contributed by atoms with Gasteiger partial charge in [-0.05, 0) is 24.6 Å². The fraction of sp³-hybridized carbons (Fsp3) is 0.750. The summed E-state index contributed by atoms with van der Waals surface area (Å²) >= 11 is 0. The van der Waals surface area contributed by atoms with Crippen molar-refractivity contribution in [1.82, 2.24) is 30.8 Å². The number of hydrogen-bond donors (Lipinski definition) is 2. The van der Waals surface area contributed by atoms with Crippen LogP contribution in [-0.2, 0) is 0 Å². The summed E-state index contributed by atoms with van der Waals surface area (Å²) < 4.78 is 0. The predicted octanol–water partition coefficient (Wildman–Crippen LogP) is -0.976. The van der Waals surface area contributed by atoms with Gasteiger partial charge in [-0.1, -0.05) is 0 Å². The lowest BCUT2D eigenvalue weighted by atomic mass is 10.1. The van der Waals surface area contributed by atoms with E-state index >= 15 is 0 Å². The summed E-state index contributed by atoms with van der Waals surface area (Å²) in [7, 11) is 1.77. The SMILES string of the molecule is CN(C(=O)c1nn[nH]n1)C1CCCNC1. The van der Waals surface area contributed by atoms with E-state index in [1.807, 2.05) is 0 Å². The van der Waals surface area contributed by atoms with Gasteiger partial charge in [-0.25, -0.2) is 0 Å². The van der Waals surface area contributed by atoms with Crippen LogP contribution in [-0.4, -0.2) is 57.6 Å². The van der Waals surface area contributed by atoms with Crippen LogP contribution in [0.5, 0.6) is 0 Å². The monoisotopic (exact) mass is 210 g/mol. The molecule has 0 spiro atoms. The van der Waals surface area contributed by atoms with Crippen LogP contribution in [0.3, 0.4) is 0 Å². The van der Waals surface area contributed by atoms with E-state index in [1.165, 1.54) is 0 Å². The smallest absolute Gasteiger partial charge is 0.295 e. The molecule has 1 atom stereocenters. The van der Waals surface area contributed by atoms with Crippen LogP contribution in [0.15, 0.2) is 0 Å². The van der Waals surface area contributed by atoms with Crippen LogP contribution < -0.4 is 5.32 Å². The molecule has 0 aromatic carbocycles. The highest BCUT2D eigenvalue weighted by Crippen LogP contribution is 2.10. The molecule has 1 saturated heterocycles. The highest BCUT2D eigenvalue weighted by atomic mass is 16.2. The molecule has 1 aliphatic heterocycles. The van der Waals surface area contributed by atoms with Gasteiger partial charge < -0.3 is 10.2 Å². The van der Waals surface area contributed by atoms with E-state index in [0.717, 1.165) is 25.9 Å². The van der Waals surface area contributed by atoms with Crippen molar-refractivity contribution in [3.63, 3.8) is 0 Å². The van der Waals surface area contributed by atoms with E-state index in [-0.39, 0.29) is 17.8 Å². The van der Waals surface area contributed by atoms with Crippen molar-refractivity contribution in [3.05, 3.63) is 5.82 Å². The van der Waals surface area contributed by atoms with Gasteiger partial charge in [0, 0.05) is 19.6 Å². The second-order valence-corrected chi connectivity index (χ2v) is 3.65. The Morgan fingerprint density at radius 1 is 1.60 bits per heavy atom. The maximum atomic E-state index is 11.8. The Bertz CT molecular complexity index is 318. The molecule has 2 heterocycles. The molecule has 1 unspecified atom stereocenters. The Morgan fingerprint density at radius 3 is 3.07 bits per heavy atom. The molecule has 0 bridgehead atoms. The molecule has 1 fully saturated rings. The number of rotatable bonds is 2. The molecule has 82 valence electrons. The highest BCUT2D eigenvalue weighted by molar-refractivity contribution is 5.90. The molecule has 7 nitrogen and oxygen atoms in total. The number of nitrogens with one attached hydrogen (secondary N) is 2. The summed E-state index contributed by atoms with van der Waals surface area (Å²) in [5, 5.41) is 16.3. The van der Waals surface area contributed by atoms with E-state index in [1.54, 1.807) is 11.9 Å². The molecule has 1 aromatic heterocycles. The average molecular weight is 210 g/mol. The molecule has 15 heavy (non-hydrogen) atoms. The van der Waals surface area contributed by atoms with Crippen molar-refractivity contribution >= 4 is 5.91 Å². The number of hydrogen-bond acceptors (Lipinski definition) is 5. The van der Waals surface area contributed by atoms with Crippen LogP contribution in [0.2, 0.25) is 0 Å². The second kappa shape index (κ2) is 4.35. The number of piperidine rings is 1. The molecule has 0 saturated carbocycles. The quantitative estimate of drug-likeness (QED) is 0.655. The van der Waals surface area contributed by atoms with E-state index < -0.39 is 0 Å². The van der Waals surface area contributed by atoms with Gasteiger partial charge in [0.15, 0.2) is 0 Å². The maximum Gasteiger partial charge on any atom is 0.295 e. The first-order valence-corrected chi connectivity index (χ1v) is 5.00. The van der Waals surface area contributed by atoms with E-state index in [0.29, 0.717) is 0 Å². The summed E-state index contributed by atoms with van der Waals surface area (Å²) in [5.74, 6) is -0.0551. The van der Waals surface area contributed by atoms with Gasteiger partial charge in [-0.2, -0.15) is 5.21 Å². The third-order valence-electron chi connectivity index (χ3n) is 2.68. The van der Waals surface area contributed by atoms with Crippen molar-refractivity contribution < 1.29 is 4.79 Å². The first-order valence-electron chi connectivity index (χ1n) is 5.00. The zero-order valence-corrected chi connectivity index (χ0v) is 8.60. The zero-order valence-electron chi connectivity index (χ0n) is 8.60. The third kappa shape index (κ3) is 2.12. The first-order chi connectivity index (χ1) is 7.29. The Balaban J connectivity index is 2.00. The second-order valence-electron chi connectivity index (χ2n) is 3.65. The van der Waals surface area contributed by atoms with Crippen LogP contribution in [0.4, 0.5) is 0 Å². The highest BCUT2D eigenvalue weighted by Gasteiger charge is 2.24. The molecule has 1 amide bonds. The first kappa shape index (κ1) is 10.0. The number of likely N-dealkylation sites (N-methyl/N-ethyl adjacent to an activating group) is 1. The molecule has 2 N–H and O–H groups in total. The van der Waals surface area contributed by atoms with Crippen LogP contribution in [0.1, 0.15) is 23.5 Å². The lowest BCUT2D eigenvalue weighted by Crippen LogP contribution is -2.46. The summed E-state index contributed by atoms with van der Waals surface area (Å²) in [4.78, 5) is 13.5. The number of nitrogens with zero attached hydrogens (tertiary/aromatic N) is 4. The standard InChI is InChI=1S/C8H14N6O/c1-14(6-3-2-4-9-5-6)8(15)7-10-12-13-11-7/h6,9H,2-5H2,1H3,(H,10,11,12,13). The molecule has 1 aromatic rings. The lowest BCUT2D eigenvalue weighted by Gasteiger charge is -2.30. The van der Waals surface area contributed by atoms with Crippen molar-refractivity contribution in [2.24, 2.45) is 0 Å². The van der Waals surface area contributed by atoms with Gasteiger partial charge in [-0.3, -0.25) is 4.79 Å². The number of carbonyl (C=O) groups is 1. The number of H-pyrrole nitrogens is 1. The van der Waals surface area contributed by atoms with Crippen molar-refractivity contribution in [2.75, 3.05) is 20.1 Å². The third-order valence-corrected chi connectivity index (χ3v) is 2.68. The Hall–Kier alpha value is -1.50. The maximum absolute atomic E-state index is 11.8. The van der Waals surface area contributed by atoms with Crippen LogP contribution in [0.25, 0.3) is 0 Å². The van der Waals surface area contributed by atoms with Gasteiger partial charge in [-0.15, -0.1) is 10.2 Å². The summed E-state index contributed by atoms with van der Waals surface area (Å²) in [6, 6.07) is 0.227. The fourth-order valence-corrected chi connectivity index (χ4v) is 1.74. The van der Waals surface area contributed by atoms with Gasteiger partial charge >= 0.3 is 0 Å². The number of tetrazole rings is 1. The van der Waals surface area contributed by atoms with Crippen molar-refractivity contribution in [3.8, 4) is 0 Å². The molecular formula is C8H14N6O. The lowest BCUT2D eigenvalue weighted by molar-refractivity contribution is 0.0696. The Morgan fingerprint density at radius 2 is 2.47 bits per heavy atom. The topological polar surface area (TPSA) is 86.8 Å². The predicted molar refractivity (Wildman–Crippen MR) is 52.2 cm³/mol. The van der Waals surface area contributed by atoms with E-state index in [9.17, 15) is 4.79 Å². The number of aromatic nitrogens is 4. The average Bonchev–Trinajstić information content (AvgIpc) is 2.82. The molecular weight excluding hydrogens is 196 g/mol. The molecule has 7 heteroatoms. The molecule has 2 rings (SSSR count). The van der Waals surface area contributed by atoms with E-state index in [4.69, 9.17) is 0 Å². The Kier molecular flexibility index (Phi) is 2.91. The number of aromatic amines is 1. The largest absolute Gasteiger partial charge is 0.335 e. The van der Waals surface area contributed by atoms with Gasteiger partial charge in [0.25, 0.3) is 11.7 Å². The zero-order chi connectivity index (χ0) is 10.7. The summed E-state index contributed by atoms with van der Waals surface area (Å²) in [5.41, 5.74) is 0. The normalized spacial score (nSPS) is 21.3.